The quantitative estimate of drug-likeness (QED) is 0.398. The van der Waals surface area contributed by atoms with E-state index in [-0.39, 0.29) is 5.91 Å². The molecule has 0 radical (unpaired) electrons. The van der Waals surface area contributed by atoms with Gasteiger partial charge in [-0.3, -0.25) is 4.79 Å². The Morgan fingerprint density at radius 3 is 2.43 bits per heavy atom. The van der Waals surface area contributed by atoms with E-state index in [1.54, 1.807) is 0 Å². The Balaban J connectivity index is 1.94. The number of benzene rings is 1. The van der Waals surface area contributed by atoms with Crippen molar-refractivity contribution in [2.45, 2.75) is 91.9 Å². The molecule has 1 saturated heterocycles. The number of carbonyl (C=O) groups is 1. The summed E-state index contributed by atoms with van der Waals surface area (Å²) in [4.78, 5) is 16.7. The van der Waals surface area contributed by atoms with Gasteiger partial charge in [-0.1, -0.05) is 59.1 Å². The highest BCUT2D eigenvalue weighted by Crippen LogP contribution is 2.33. The molecule has 2 rings (SSSR count). The predicted molar refractivity (Wildman–Crippen MR) is 130 cm³/mol. The molecule has 0 aromatic heterocycles. The summed E-state index contributed by atoms with van der Waals surface area (Å²) in [6, 6.07) is 6.76. The van der Waals surface area contributed by atoms with Gasteiger partial charge in [-0.2, -0.15) is 0 Å². The minimum Gasteiger partial charge on any atom is -0.315 e. The zero-order chi connectivity index (χ0) is 22.1. The molecule has 1 aromatic rings. The Morgan fingerprint density at radius 1 is 1.13 bits per heavy atom. The van der Waals surface area contributed by atoms with Crippen molar-refractivity contribution in [3.8, 4) is 0 Å². The van der Waals surface area contributed by atoms with E-state index in [1.807, 2.05) is 18.9 Å². The Labute approximate surface area is 186 Å². The number of hydrogen-bond donors (Lipinski definition) is 0. The monoisotopic (exact) mass is 414 g/mol. The van der Waals surface area contributed by atoms with Gasteiger partial charge in [0.25, 0.3) is 0 Å². The van der Waals surface area contributed by atoms with Crippen molar-refractivity contribution < 1.29 is 4.79 Å². The van der Waals surface area contributed by atoms with E-state index in [0.717, 1.165) is 17.5 Å². The summed E-state index contributed by atoms with van der Waals surface area (Å²) in [6.07, 6.45) is 9.77. The smallest absolute Gasteiger partial charge is 0.226 e. The zero-order valence-electron chi connectivity index (χ0n) is 20.5. The Hall–Kier alpha value is -1.35. The first-order valence-corrected chi connectivity index (χ1v) is 12.5. The van der Waals surface area contributed by atoms with Crippen molar-refractivity contribution in [3.05, 3.63) is 29.3 Å². The number of rotatable bonds is 11. The molecule has 0 saturated carbocycles. The van der Waals surface area contributed by atoms with Crippen LogP contribution in [0.1, 0.15) is 96.1 Å². The van der Waals surface area contributed by atoms with Crippen LogP contribution in [0, 0.1) is 18.8 Å². The van der Waals surface area contributed by atoms with Crippen LogP contribution >= 0.6 is 0 Å². The fourth-order valence-corrected chi connectivity index (χ4v) is 4.89. The highest BCUT2D eigenvalue weighted by molar-refractivity contribution is 5.93. The minimum absolute atomic E-state index is 0.185. The maximum atomic E-state index is 12.2. The summed E-state index contributed by atoms with van der Waals surface area (Å²) >= 11 is 0. The van der Waals surface area contributed by atoms with Crippen molar-refractivity contribution in [2.75, 3.05) is 31.6 Å². The van der Waals surface area contributed by atoms with E-state index in [4.69, 9.17) is 0 Å². The van der Waals surface area contributed by atoms with E-state index in [2.05, 4.69) is 50.8 Å². The second-order valence-electron chi connectivity index (χ2n) is 9.67. The molecule has 1 aliphatic rings. The lowest BCUT2D eigenvalue weighted by molar-refractivity contribution is -0.118. The number of hydrogen-bond acceptors (Lipinski definition) is 2. The van der Waals surface area contributed by atoms with Gasteiger partial charge in [-0.05, 0) is 80.6 Å². The molecule has 1 fully saturated rings. The van der Waals surface area contributed by atoms with Crippen LogP contribution in [0.15, 0.2) is 18.2 Å². The lowest BCUT2D eigenvalue weighted by Gasteiger charge is -2.35. The summed E-state index contributed by atoms with van der Waals surface area (Å²) in [6.45, 7) is 14.8. The van der Waals surface area contributed by atoms with Crippen molar-refractivity contribution in [2.24, 2.45) is 11.8 Å². The SMILES string of the molecule is CCCC(CCC(C)CC)CN1CCC(c2ccc(C)c(N(C)C(=O)CC)c2)CC1. The van der Waals surface area contributed by atoms with Gasteiger partial charge < -0.3 is 9.80 Å². The van der Waals surface area contributed by atoms with Gasteiger partial charge in [0.1, 0.15) is 0 Å². The van der Waals surface area contributed by atoms with Gasteiger partial charge in [0.15, 0.2) is 0 Å². The number of anilines is 1. The second kappa shape index (κ2) is 12.5. The summed E-state index contributed by atoms with van der Waals surface area (Å²) in [5, 5.41) is 0. The molecule has 30 heavy (non-hydrogen) atoms. The fraction of sp³-hybridized carbons (Fsp3) is 0.741. The minimum atomic E-state index is 0.185. The topological polar surface area (TPSA) is 23.6 Å². The molecule has 3 nitrogen and oxygen atoms in total. The van der Waals surface area contributed by atoms with Crippen molar-refractivity contribution in [1.29, 1.82) is 0 Å². The molecule has 170 valence electrons. The molecular formula is C27H46N2O. The van der Waals surface area contributed by atoms with Gasteiger partial charge >= 0.3 is 0 Å². The van der Waals surface area contributed by atoms with E-state index < -0.39 is 0 Å². The normalized spacial score (nSPS) is 17.7. The third kappa shape index (κ3) is 7.11. The standard InChI is InChI=1S/C27H46N2O/c1-7-10-23(13-11-21(4)8-2)20-29-17-15-24(16-18-29)25-14-12-22(5)26(19-25)28(6)27(30)9-3/h12,14,19,21,23-24H,7-11,13,15-18,20H2,1-6H3. The van der Waals surface area contributed by atoms with Crippen molar-refractivity contribution in [1.82, 2.24) is 4.90 Å². The Bertz CT molecular complexity index is 648. The second-order valence-corrected chi connectivity index (χ2v) is 9.67. The van der Waals surface area contributed by atoms with Gasteiger partial charge in [0.05, 0.1) is 0 Å². The van der Waals surface area contributed by atoms with Crippen LogP contribution in [0.4, 0.5) is 5.69 Å². The summed E-state index contributed by atoms with van der Waals surface area (Å²) < 4.78 is 0. The highest BCUT2D eigenvalue weighted by atomic mass is 16.2. The van der Waals surface area contributed by atoms with Gasteiger partial charge in [-0.25, -0.2) is 0 Å². The number of aryl methyl sites for hydroxylation is 1. The number of carbonyl (C=O) groups excluding carboxylic acids is 1. The molecule has 0 spiro atoms. The van der Waals surface area contributed by atoms with Crippen LogP contribution in [0.5, 0.6) is 0 Å². The van der Waals surface area contributed by atoms with Crippen LogP contribution < -0.4 is 4.90 Å². The van der Waals surface area contributed by atoms with Gasteiger partial charge in [0.2, 0.25) is 5.91 Å². The van der Waals surface area contributed by atoms with E-state index in [1.165, 1.54) is 75.7 Å². The Morgan fingerprint density at radius 2 is 1.83 bits per heavy atom. The summed E-state index contributed by atoms with van der Waals surface area (Å²) in [5.41, 5.74) is 3.67. The average molecular weight is 415 g/mol. The number of likely N-dealkylation sites (tertiary alicyclic amines) is 1. The molecule has 1 aromatic carbocycles. The predicted octanol–water partition coefficient (Wildman–Crippen LogP) is 6.79. The van der Waals surface area contributed by atoms with Crippen LogP contribution in [-0.2, 0) is 4.79 Å². The zero-order valence-corrected chi connectivity index (χ0v) is 20.5. The molecule has 2 atom stereocenters. The summed E-state index contributed by atoms with van der Waals surface area (Å²) in [5.74, 6) is 2.53. The third-order valence-corrected chi connectivity index (χ3v) is 7.31. The van der Waals surface area contributed by atoms with Crippen LogP contribution in [-0.4, -0.2) is 37.5 Å². The molecule has 0 N–H and O–H groups in total. The van der Waals surface area contributed by atoms with E-state index in [9.17, 15) is 4.79 Å². The lowest BCUT2D eigenvalue weighted by Crippen LogP contribution is -2.36. The third-order valence-electron chi connectivity index (χ3n) is 7.31. The molecular weight excluding hydrogens is 368 g/mol. The number of nitrogens with zero attached hydrogens (tertiary/aromatic N) is 2. The van der Waals surface area contributed by atoms with E-state index >= 15 is 0 Å². The van der Waals surface area contributed by atoms with E-state index in [0.29, 0.717) is 12.3 Å². The van der Waals surface area contributed by atoms with Crippen LogP contribution in [0.3, 0.4) is 0 Å². The van der Waals surface area contributed by atoms with Crippen molar-refractivity contribution in [3.63, 3.8) is 0 Å². The van der Waals surface area contributed by atoms with Gasteiger partial charge in [-0.15, -0.1) is 0 Å². The van der Waals surface area contributed by atoms with Crippen LogP contribution in [0.25, 0.3) is 0 Å². The molecule has 2 unspecified atom stereocenters. The molecule has 1 heterocycles. The van der Waals surface area contributed by atoms with Crippen LogP contribution in [0.2, 0.25) is 0 Å². The lowest BCUT2D eigenvalue weighted by atomic mass is 9.87. The Kier molecular flexibility index (Phi) is 10.4. The number of amides is 1. The maximum Gasteiger partial charge on any atom is 0.226 e. The first-order chi connectivity index (χ1) is 14.4. The fourth-order valence-electron chi connectivity index (χ4n) is 4.89. The first-order valence-electron chi connectivity index (χ1n) is 12.5. The average Bonchev–Trinajstić information content (AvgIpc) is 2.77. The maximum absolute atomic E-state index is 12.2. The van der Waals surface area contributed by atoms with Crippen molar-refractivity contribution >= 4 is 11.6 Å². The highest BCUT2D eigenvalue weighted by Gasteiger charge is 2.24. The molecule has 1 amide bonds. The largest absolute Gasteiger partial charge is 0.315 e. The number of piperidine rings is 1. The molecule has 0 aliphatic carbocycles. The first kappa shape index (κ1) is 24.9. The summed E-state index contributed by atoms with van der Waals surface area (Å²) in [7, 11) is 1.91. The molecule has 0 bridgehead atoms. The molecule has 1 aliphatic heterocycles. The molecule has 3 heteroatoms. The van der Waals surface area contributed by atoms with Gasteiger partial charge in [0, 0.05) is 25.7 Å².